The summed E-state index contributed by atoms with van der Waals surface area (Å²) in [5.74, 6) is 0.745. The molecule has 2 heterocycles. The Kier molecular flexibility index (Phi) is 3.75. The van der Waals surface area contributed by atoms with Crippen LogP contribution >= 0.6 is 11.6 Å². The summed E-state index contributed by atoms with van der Waals surface area (Å²) in [7, 11) is 0. The van der Waals surface area contributed by atoms with E-state index in [9.17, 15) is 0 Å². The first kappa shape index (κ1) is 13.8. The molecular formula is C15H16ClN5. The molecule has 0 fully saturated rings. The van der Waals surface area contributed by atoms with Gasteiger partial charge in [0.1, 0.15) is 11.8 Å². The van der Waals surface area contributed by atoms with Crippen molar-refractivity contribution in [2.75, 3.05) is 5.32 Å². The Morgan fingerprint density at radius 2 is 1.90 bits per heavy atom. The van der Waals surface area contributed by atoms with Gasteiger partial charge in [-0.25, -0.2) is 15.0 Å². The van der Waals surface area contributed by atoms with Crippen molar-refractivity contribution in [1.82, 2.24) is 19.5 Å². The third-order valence-electron chi connectivity index (χ3n) is 3.29. The minimum Gasteiger partial charge on any atom is -0.364 e. The molecule has 3 rings (SSSR count). The Hall–Kier alpha value is -2.14. The summed E-state index contributed by atoms with van der Waals surface area (Å²) in [6.45, 7) is 4.87. The highest BCUT2D eigenvalue weighted by Crippen LogP contribution is 2.21. The molecule has 0 radical (unpaired) electrons. The minimum atomic E-state index is 0.314. The second-order valence-corrected chi connectivity index (χ2v) is 5.56. The van der Waals surface area contributed by atoms with Crippen molar-refractivity contribution < 1.29 is 0 Å². The first-order chi connectivity index (χ1) is 10.1. The maximum absolute atomic E-state index is 5.89. The summed E-state index contributed by atoms with van der Waals surface area (Å²) in [4.78, 5) is 13.0. The highest BCUT2D eigenvalue weighted by Gasteiger charge is 2.11. The number of rotatable bonds is 4. The molecule has 0 spiro atoms. The second kappa shape index (κ2) is 5.69. The largest absolute Gasteiger partial charge is 0.364 e. The molecule has 3 aromatic rings. The van der Waals surface area contributed by atoms with Crippen molar-refractivity contribution in [3.63, 3.8) is 0 Å². The number of halogens is 1. The van der Waals surface area contributed by atoms with E-state index in [0.29, 0.717) is 12.6 Å². The highest BCUT2D eigenvalue weighted by molar-refractivity contribution is 6.30. The number of aromatic nitrogens is 4. The molecule has 0 saturated carbocycles. The zero-order valence-corrected chi connectivity index (χ0v) is 12.7. The number of anilines is 1. The number of hydrogen-bond acceptors (Lipinski definition) is 4. The summed E-state index contributed by atoms with van der Waals surface area (Å²) in [6, 6.07) is 8.04. The average Bonchev–Trinajstić information content (AvgIpc) is 2.91. The predicted molar refractivity (Wildman–Crippen MR) is 84.5 cm³/mol. The Balaban J connectivity index is 1.85. The second-order valence-electron chi connectivity index (χ2n) is 5.12. The molecular weight excluding hydrogens is 286 g/mol. The number of benzene rings is 1. The SMILES string of the molecule is CC(C)n1cnc2c(NCc3ccc(Cl)cc3)ncnc21. The van der Waals surface area contributed by atoms with Crippen LogP contribution in [-0.4, -0.2) is 19.5 Å². The smallest absolute Gasteiger partial charge is 0.165 e. The van der Waals surface area contributed by atoms with E-state index in [1.165, 1.54) is 0 Å². The van der Waals surface area contributed by atoms with Crippen LogP contribution in [0, 0.1) is 0 Å². The van der Waals surface area contributed by atoms with Gasteiger partial charge in [-0.05, 0) is 31.5 Å². The fraction of sp³-hybridized carbons (Fsp3) is 0.267. The molecule has 0 aliphatic heterocycles. The van der Waals surface area contributed by atoms with Crippen LogP contribution in [0.4, 0.5) is 5.82 Å². The summed E-state index contributed by atoms with van der Waals surface area (Å²) in [5.41, 5.74) is 2.77. The van der Waals surface area contributed by atoms with Crippen LogP contribution in [0.5, 0.6) is 0 Å². The summed E-state index contributed by atoms with van der Waals surface area (Å²) >= 11 is 5.89. The molecule has 0 bridgehead atoms. The van der Waals surface area contributed by atoms with Crippen molar-refractivity contribution in [3.8, 4) is 0 Å². The molecule has 0 atom stereocenters. The van der Waals surface area contributed by atoms with Crippen molar-refractivity contribution >= 4 is 28.6 Å². The van der Waals surface area contributed by atoms with Crippen molar-refractivity contribution in [3.05, 3.63) is 47.5 Å². The lowest BCUT2D eigenvalue weighted by Crippen LogP contribution is -2.04. The van der Waals surface area contributed by atoms with Gasteiger partial charge in [0.25, 0.3) is 0 Å². The molecule has 1 N–H and O–H groups in total. The molecule has 0 aliphatic rings. The lowest BCUT2D eigenvalue weighted by Gasteiger charge is -2.08. The fourth-order valence-corrected chi connectivity index (χ4v) is 2.27. The quantitative estimate of drug-likeness (QED) is 0.799. The van der Waals surface area contributed by atoms with Crippen molar-refractivity contribution in [2.45, 2.75) is 26.4 Å². The molecule has 6 heteroatoms. The number of hydrogen-bond donors (Lipinski definition) is 1. The monoisotopic (exact) mass is 301 g/mol. The predicted octanol–water partition coefficient (Wildman–Crippen LogP) is 3.67. The number of fused-ring (bicyclic) bond motifs is 1. The van der Waals surface area contributed by atoms with E-state index in [0.717, 1.165) is 27.6 Å². The molecule has 0 unspecified atom stereocenters. The van der Waals surface area contributed by atoms with E-state index < -0.39 is 0 Å². The lowest BCUT2D eigenvalue weighted by atomic mass is 10.2. The zero-order valence-electron chi connectivity index (χ0n) is 11.9. The molecule has 108 valence electrons. The van der Waals surface area contributed by atoms with Crippen LogP contribution in [0.25, 0.3) is 11.2 Å². The van der Waals surface area contributed by atoms with Gasteiger partial charge in [0.05, 0.1) is 6.33 Å². The van der Waals surface area contributed by atoms with Crippen LogP contribution in [0.1, 0.15) is 25.5 Å². The van der Waals surface area contributed by atoms with Gasteiger partial charge in [-0.3, -0.25) is 0 Å². The third kappa shape index (κ3) is 2.83. The van der Waals surface area contributed by atoms with Crippen molar-refractivity contribution in [2.24, 2.45) is 0 Å². The van der Waals surface area contributed by atoms with Gasteiger partial charge in [0, 0.05) is 17.6 Å². The van der Waals surface area contributed by atoms with Crippen LogP contribution < -0.4 is 5.32 Å². The van der Waals surface area contributed by atoms with Gasteiger partial charge in [-0.1, -0.05) is 23.7 Å². The lowest BCUT2D eigenvalue weighted by molar-refractivity contribution is 0.612. The number of imidazole rings is 1. The number of nitrogens with one attached hydrogen (secondary N) is 1. The summed E-state index contributed by atoms with van der Waals surface area (Å²) in [6.07, 6.45) is 3.37. The Morgan fingerprint density at radius 1 is 1.14 bits per heavy atom. The minimum absolute atomic E-state index is 0.314. The maximum Gasteiger partial charge on any atom is 0.165 e. The van der Waals surface area contributed by atoms with E-state index in [-0.39, 0.29) is 0 Å². The number of nitrogens with zero attached hydrogens (tertiary/aromatic N) is 4. The molecule has 0 aliphatic carbocycles. The molecule has 0 amide bonds. The van der Waals surface area contributed by atoms with Crippen LogP contribution in [0.2, 0.25) is 5.02 Å². The van der Waals surface area contributed by atoms with Crippen LogP contribution in [0.3, 0.4) is 0 Å². The van der Waals surface area contributed by atoms with E-state index in [1.807, 2.05) is 28.8 Å². The molecule has 1 aromatic carbocycles. The normalized spacial score (nSPS) is 11.2. The Morgan fingerprint density at radius 3 is 2.62 bits per heavy atom. The Bertz CT molecular complexity index is 748. The van der Waals surface area contributed by atoms with Gasteiger partial charge in [0.2, 0.25) is 0 Å². The zero-order chi connectivity index (χ0) is 14.8. The topological polar surface area (TPSA) is 55.6 Å². The molecule has 2 aromatic heterocycles. The van der Waals surface area contributed by atoms with Gasteiger partial charge in [-0.2, -0.15) is 0 Å². The summed E-state index contributed by atoms with van der Waals surface area (Å²) < 4.78 is 2.03. The maximum atomic E-state index is 5.89. The molecule has 0 saturated heterocycles. The standard InChI is InChI=1S/C15H16ClN5/c1-10(2)21-9-20-13-14(18-8-19-15(13)21)17-7-11-3-5-12(16)6-4-11/h3-6,8-10H,7H2,1-2H3,(H,17,18,19). The molecule has 21 heavy (non-hydrogen) atoms. The first-order valence-electron chi connectivity index (χ1n) is 6.81. The first-order valence-corrected chi connectivity index (χ1v) is 7.19. The van der Waals surface area contributed by atoms with Crippen LogP contribution in [-0.2, 0) is 6.54 Å². The summed E-state index contributed by atoms with van der Waals surface area (Å²) in [5, 5.41) is 4.04. The van der Waals surface area contributed by atoms with Gasteiger partial charge >= 0.3 is 0 Å². The van der Waals surface area contributed by atoms with Crippen LogP contribution in [0.15, 0.2) is 36.9 Å². The van der Waals surface area contributed by atoms with Gasteiger partial charge in [0.15, 0.2) is 11.5 Å². The van der Waals surface area contributed by atoms with E-state index in [2.05, 4.69) is 34.1 Å². The molecule has 5 nitrogen and oxygen atoms in total. The fourth-order valence-electron chi connectivity index (χ4n) is 2.15. The van der Waals surface area contributed by atoms with E-state index in [4.69, 9.17) is 11.6 Å². The van der Waals surface area contributed by atoms with Crippen molar-refractivity contribution in [1.29, 1.82) is 0 Å². The highest BCUT2D eigenvalue weighted by atomic mass is 35.5. The van der Waals surface area contributed by atoms with Gasteiger partial charge < -0.3 is 9.88 Å². The van der Waals surface area contributed by atoms with Gasteiger partial charge in [-0.15, -0.1) is 0 Å². The third-order valence-corrected chi connectivity index (χ3v) is 3.54. The van der Waals surface area contributed by atoms with E-state index in [1.54, 1.807) is 12.7 Å². The Labute approximate surface area is 128 Å². The average molecular weight is 302 g/mol. The van der Waals surface area contributed by atoms with E-state index >= 15 is 0 Å².